The highest BCUT2D eigenvalue weighted by atomic mass is 16.3. The summed E-state index contributed by atoms with van der Waals surface area (Å²) < 4.78 is 3.92. The topological polar surface area (TPSA) is 192 Å². The summed E-state index contributed by atoms with van der Waals surface area (Å²) in [4.78, 5) is 50.6. The minimum Gasteiger partial charge on any atom is -0.505 e. The quantitative estimate of drug-likeness (QED) is 0.0449. The summed E-state index contributed by atoms with van der Waals surface area (Å²) in [5, 5.41) is 44.2. The van der Waals surface area contributed by atoms with Crippen LogP contribution in [-0.4, -0.2) is 73.2 Å². The number of rotatable bonds is 8. The molecule has 15 heteroatoms. The Labute approximate surface area is 375 Å². The van der Waals surface area contributed by atoms with Gasteiger partial charge in [-0.25, -0.2) is 0 Å². The Bertz CT molecular complexity index is 3560. The van der Waals surface area contributed by atoms with E-state index in [1.807, 2.05) is 157 Å². The van der Waals surface area contributed by atoms with Crippen molar-refractivity contribution in [2.45, 2.75) is 33.4 Å². The van der Waals surface area contributed by atoms with Crippen molar-refractivity contribution >= 4 is 73.8 Å². The Hall–Kier alpha value is -8.98. The zero-order chi connectivity index (χ0) is 45.6. The summed E-state index contributed by atoms with van der Waals surface area (Å²) in [6, 6.07) is 38.0. The highest BCUT2D eigenvalue weighted by Crippen LogP contribution is 2.33. The van der Waals surface area contributed by atoms with E-state index in [0.29, 0.717) is 41.2 Å². The molecule has 1 fully saturated rings. The molecule has 0 radical (unpaired) electrons. The van der Waals surface area contributed by atoms with Gasteiger partial charge < -0.3 is 19.3 Å². The number of amides is 2. The normalized spacial score (nSPS) is 13.5. The fraction of sp³-hybridized carbons (Fsp3) is 0.0980. The number of aryl methyl sites for hydroxylation is 2. The third kappa shape index (κ3) is 7.63. The van der Waals surface area contributed by atoms with E-state index < -0.39 is 17.6 Å². The SMILES string of the molecule is Cc1cc(Cn2cc(/C=C3\C(=O)CC(=O)NC3=O)c3ccccc32)c(O)c(-n2nc3ccccc3n2)c1.Cc1cc(Cn2cc(C=O)c3ccccc32)c(O)c(-n2nc3ccccc3n2)c1. The van der Waals surface area contributed by atoms with Crippen molar-refractivity contribution in [1.82, 2.24) is 44.4 Å². The molecule has 0 bridgehead atoms. The highest BCUT2D eigenvalue weighted by molar-refractivity contribution is 6.33. The van der Waals surface area contributed by atoms with E-state index in [9.17, 15) is 29.4 Å². The average molecular weight is 874 g/mol. The van der Waals surface area contributed by atoms with Crippen LogP contribution >= 0.6 is 0 Å². The standard InChI is InChI=1S/C28H21N5O4.C23H18N4O2/c1-16-10-18(27(36)24(11-16)33-30-21-7-3-4-8-22(21)31-33)15-32-14-17(19-6-2-5-9-23(19)32)12-20-25(34)13-26(35)29-28(20)37;1-15-10-16(12-26-13-17(14-28)18-6-2-5-9-21(18)26)23(29)22(11-15)27-24-19-7-3-4-8-20(19)25-27/h2-12,14,36H,13,15H2,1H3,(H,29,35,37);2-11,13-14,29H,12H2,1H3/b20-12+;. The third-order valence-corrected chi connectivity index (χ3v) is 11.5. The molecule has 0 unspecified atom stereocenters. The summed E-state index contributed by atoms with van der Waals surface area (Å²) in [6.45, 7) is 4.66. The second-order valence-corrected chi connectivity index (χ2v) is 16.2. The summed E-state index contributed by atoms with van der Waals surface area (Å²) in [6.07, 6.45) is 5.67. The molecule has 0 spiro atoms. The molecule has 2 amide bonds. The van der Waals surface area contributed by atoms with Crippen LogP contribution in [0.3, 0.4) is 0 Å². The van der Waals surface area contributed by atoms with Crippen molar-refractivity contribution < 1.29 is 29.4 Å². The van der Waals surface area contributed by atoms with E-state index in [1.54, 1.807) is 0 Å². The van der Waals surface area contributed by atoms with E-state index in [2.05, 4.69) is 25.7 Å². The zero-order valence-electron chi connectivity index (χ0n) is 35.6. The number of para-hydroxylation sites is 2. The molecule has 4 aromatic heterocycles. The van der Waals surface area contributed by atoms with Gasteiger partial charge in [0.05, 0.1) is 25.1 Å². The molecule has 0 atom stereocenters. The molecule has 3 N–H and O–H groups in total. The predicted octanol–water partition coefficient (Wildman–Crippen LogP) is 7.69. The number of Topliss-reactive ketones (excluding diaryl/α,β-unsaturated/α-hetero) is 1. The van der Waals surface area contributed by atoms with E-state index in [0.717, 1.165) is 66.8 Å². The number of imide groups is 1. The first kappa shape index (κ1) is 41.1. The van der Waals surface area contributed by atoms with Crippen LogP contribution in [0, 0.1) is 13.8 Å². The van der Waals surface area contributed by atoms with Crippen molar-refractivity contribution in [2.75, 3.05) is 0 Å². The molecular weight excluding hydrogens is 835 g/mol. The molecule has 1 aliphatic rings. The Morgan fingerprint density at radius 3 is 1.47 bits per heavy atom. The Balaban J connectivity index is 0.000000160. The van der Waals surface area contributed by atoms with Crippen LogP contribution in [0.25, 0.3) is 61.3 Å². The van der Waals surface area contributed by atoms with Gasteiger partial charge >= 0.3 is 0 Å². The summed E-state index contributed by atoms with van der Waals surface area (Å²) in [5.74, 6) is -1.62. The number of phenolic OH excluding ortho intramolecular Hbond substituents is 2. The van der Waals surface area contributed by atoms with Gasteiger partial charge in [0.15, 0.2) is 12.1 Å². The smallest absolute Gasteiger partial charge is 0.261 e. The van der Waals surface area contributed by atoms with Crippen LogP contribution in [0.2, 0.25) is 0 Å². The minimum atomic E-state index is -0.696. The second kappa shape index (κ2) is 16.6. The number of ketones is 1. The van der Waals surface area contributed by atoms with Crippen LogP contribution in [0.5, 0.6) is 11.5 Å². The molecule has 1 aliphatic heterocycles. The predicted molar refractivity (Wildman–Crippen MR) is 249 cm³/mol. The Kier molecular flexibility index (Phi) is 10.3. The van der Waals surface area contributed by atoms with Crippen molar-refractivity contribution in [2.24, 2.45) is 0 Å². The number of aromatic hydroxyl groups is 2. The summed E-state index contributed by atoms with van der Waals surface area (Å²) >= 11 is 0. The first-order valence-electron chi connectivity index (χ1n) is 21.0. The van der Waals surface area contributed by atoms with Gasteiger partial charge in [-0.3, -0.25) is 24.5 Å². The molecule has 11 rings (SSSR count). The zero-order valence-corrected chi connectivity index (χ0v) is 35.6. The van der Waals surface area contributed by atoms with Gasteiger partial charge in [-0.15, -0.1) is 30.0 Å². The first-order valence-corrected chi connectivity index (χ1v) is 21.0. The maximum Gasteiger partial charge on any atom is 0.261 e. The number of nitrogens with zero attached hydrogens (tertiary/aromatic N) is 8. The number of carbonyl (C=O) groups is 4. The number of fused-ring (bicyclic) bond motifs is 4. The fourth-order valence-corrected chi connectivity index (χ4v) is 8.44. The number of hydrogen-bond donors (Lipinski definition) is 3. The van der Waals surface area contributed by atoms with Gasteiger partial charge in [0, 0.05) is 56.5 Å². The molecule has 66 heavy (non-hydrogen) atoms. The van der Waals surface area contributed by atoms with E-state index >= 15 is 0 Å². The molecule has 1 saturated heterocycles. The lowest BCUT2D eigenvalue weighted by atomic mass is 10.0. The molecule has 324 valence electrons. The third-order valence-electron chi connectivity index (χ3n) is 11.5. The number of benzene rings is 6. The summed E-state index contributed by atoms with van der Waals surface area (Å²) in [7, 11) is 0. The lowest BCUT2D eigenvalue weighted by molar-refractivity contribution is -0.134. The van der Waals surface area contributed by atoms with Crippen LogP contribution in [0.4, 0.5) is 0 Å². The van der Waals surface area contributed by atoms with E-state index in [4.69, 9.17) is 0 Å². The first-order chi connectivity index (χ1) is 32.0. The maximum atomic E-state index is 12.4. The molecule has 15 nitrogen and oxygen atoms in total. The van der Waals surface area contributed by atoms with Crippen molar-refractivity contribution in [3.8, 4) is 22.9 Å². The number of aromatic nitrogens is 8. The Morgan fingerprint density at radius 1 is 0.591 bits per heavy atom. The van der Waals surface area contributed by atoms with E-state index in [-0.39, 0.29) is 23.5 Å². The number of hydrogen-bond acceptors (Lipinski definition) is 10. The molecule has 0 aliphatic carbocycles. The largest absolute Gasteiger partial charge is 0.505 e. The highest BCUT2D eigenvalue weighted by Gasteiger charge is 2.29. The lowest BCUT2D eigenvalue weighted by Crippen LogP contribution is -2.40. The average Bonchev–Trinajstić information content (AvgIpc) is 4.11. The van der Waals surface area contributed by atoms with E-state index in [1.165, 1.54) is 15.7 Å². The van der Waals surface area contributed by atoms with Crippen LogP contribution in [0.1, 0.15) is 44.6 Å². The Morgan fingerprint density at radius 2 is 1.02 bits per heavy atom. The number of aldehydes is 1. The number of piperidine rings is 1. The molecule has 10 aromatic rings. The van der Waals surface area contributed by atoms with Crippen molar-refractivity contribution in [1.29, 1.82) is 0 Å². The van der Waals surface area contributed by atoms with Gasteiger partial charge in [-0.1, -0.05) is 72.8 Å². The fourth-order valence-electron chi connectivity index (χ4n) is 8.44. The van der Waals surface area contributed by atoms with Gasteiger partial charge in [-0.05, 0) is 79.6 Å². The van der Waals surface area contributed by atoms with Crippen LogP contribution in [0.15, 0.2) is 139 Å². The minimum absolute atomic E-state index is 0.0555. The van der Waals surface area contributed by atoms with Crippen molar-refractivity contribution in [3.63, 3.8) is 0 Å². The molecule has 6 aromatic carbocycles. The molecule has 5 heterocycles. The van der Waals surface area contributed by atoms with Crippen molar-refractivity contribution in [3.05, 3.63) is 173 Å². The number of phenols is 2. The number of nitrogens with one attached hydrogen (secondary N) is 1. The maximum absolute atomic E-state index is 12.4. The lowest BCUT2D eigenvalue weighted by Gasteiger charge is -2.12. The van der Waals surface area contributed by atoms with Gasteiger partial charge in [0.2, 0.25) is 5.91 Å². The van der Waals surface area contributed by atoms with Gasteiger partial charge in [0.25, 0.3) is 5.91 Å². The molecular formula is C51H39N9O6. The molecule has 0 saturated carbocycles. The van der Waals surface area contributed by atoms with Gasteiger partial charge in [-0.2, -0.15) is 0 Å². The van der Waals surface area contributed by atoms with Gasteiger partial charge in [0.1, 0.15) is 44.9 Å². The number of carbonyl (C=O) groups excluding carboxylic acids is 4. The monoisotopic (exact) mass is 873 g/mol. The second-order valence-electron chi connectivity index (χ2n) is 16.2. The van der Waals surface area contributed by atoms with Crippen LogP contribution < -0.4 is 5.32 Å². The summed E-state index contributed by atoms with van der Waals surface area (Å²) in [5.41, 5.74) is 10.3. The van der Waals surface area contributed by atoms with Crippen LogP contribution in [-0.2, 0) is 27.5 Å².